The molecule has 0 spiro atoms. The average Bonchev–Trinajstić information content (AvgIpc) is 2.25. The third-order valence-electron chi connectivity index (χ3n) is 2.55. The van der Waals surface area contributed by atoms with Gasteiger partial charge in [0.1, 0.15) is 0 Å². The second-order valence-electron chi connectivity index (χ2n) is 4.37. The standard InChI is InChI=1S/C13H12F3N3/c1-7-3-8(2)5-9(4-7)10-6-11(13(14,15)16)19-12(17)18-10/h3-6H,1-2H3,(H2,17,18,19). The maximum atomic E-state index is 12.7. The van der Waals surface area contributed by atoms with E-state index in [1.54, 1.807) is 12.1 Å². The molecule has 0 aliphatic carbocycles. The van der Waals surface area contributed by atoms with Gasteiger partial charge in [-0.1, -0.05) is 17.2 Å². The van der Waals surface area contributed by atoms with Gasteiger partial charge in [-0.05, 0) is 32.0 Å². The maximum absolute atomic E-state index is 12.7. The van der Waals surface area contributed by atoms with E-state index in [-0.39, 0.29) is 11.6 Å². The zero-order valence-corrected chi connectivity index (χ0v) is 10.4. The van der Waals surface area contributed by atoms with Gasteiger partial charge in [-0.15, -0.1) is 0 Å². The van der Waals surface area contributed by atoms with Crippen molar-refractivity contribution in [3.63, 3.8) is 0 Å². The minimum Gasteiger partial charge on any atom is -0.368 e. The lowest BCUT2D eigenvalue weighted by atomic mass is 10.0. The van der Waals surface area contributed by atoms with Crippen LogP contribution < -0.4 is 5.73 Å². The Morgan fingerprint density at radius 2 is 1.53 bits per heavy atom. The van der Waals surface area contributed by atoms with Gasteiger partial charge < -0.3 is 5.73 Å². The Labute approximate surface area is 108 Å². The summed E-state index contributed by atoms with van der Waals surface area (Å²) < 4.78 is 38.0. The summed E-state index contributed by atoms with van der Waals surface area (Å²) in [6.07, 6.45) is -4.54. The van der Waals surface area contributed by atoms with Gasteiger partial charge in [0.25, 0.3) is 0 Å². The molecule has 0 unspecified atom stereocenters. The molecule has 100 valence electrons. The van der Waals surface area contributed by atoms with Crippen LogP contribution in [0.15, 0.2) is 24.3 Å². The molecule has 2 rings (SSSR count). The van der Waals surface area contributed by atoms with Crippen LogP contribution in [0.3, 0.4) is 0 Å². The lowest BCUT2D eigenvalue weighted by Gasteiger charge is -2.09. The number of halogens is 3. The summed E-state index contributed by atoms with van der Waals surface area (Å²) in [4.78, 5) is 7.08. The molecule has 0 atom stereocenters. The molecular formula is C13H12F3N3. The number of alkyl halides is 3. The lowest BCUT2D eigenvalue weighted by molar-refractivity contribution is -0.141. The molecule has 2 N–H and O–H groups in total. The van der Waals surface area contributed by atoms with Crippen LogP contribution in [0.1, 0.15) is 16.8 Å². The number of rotatable bonds is 1. The second kappa shape index (κ2) is 4.53. The van der Waals surface area contributed by atoms with Gasteiger partial charge in [0, 0.05) is 5.56 Å². The molecule has 3 nitrogen and oxygen atoms in total. The monoisotopic (exact) mass is 267 g/mol. The number of nitrogens with two attached hydrogens (primary N) is 1. The molecule has 0 bridgehead atoms. The first-order valence-corrected chi connectivity index (χ1v) is 5.56. The molecule has 1 aromatic carbocycles. The van der Waals surface area contributed by atoms with Crippen molar-refractivity contribution in [1.29, 1.82) is 0 Å². The molecule has 0 saturated carbocycles. The zero-order chi connectivity index (χ0) is 14.2. The second-order valence-corrected chi connectivity index (χ2v) is 4.37. The number of nitrogen functional groups attached to an aromatic ring is 1. The fourth-order valence-electron chi connectivity index (χ4n) is 1.88. The topological polar surface area (TPSA) is 51.8 Å². The van der Waals surface area contributed by atoms with Crippen molar-refractivity contribution in [2.24, 2.45) is 0 Å². The highest BCUT2D eigenvalue weighted by Crippen LogP contribution is 2.31. The number of hydrogen-bond acceptors (Lipinski definition) is 3. The maximum Gasteiger partial charge on any atom is 0.433 e. The molecule has 0 aliphatic heterocycles. The first-order valence-electron chi connectivity index (χ1n) is 5.56. The SMILES string of the molecule is Cc1cc(C)cc(-c2cc(C(F)(F)F)nc(N)n2)c1. The van der Waals surface area contributed by atoms with Crippen molar-refractivity contribution in [1.82, 2.24) is 9.97 Å². The van der Waals surface area contributed by atoms with Crippen LogP contribution >= 0.6 is 0 Å². The Kier molecular flexibility index (Phi) is 3.18. The summed E-state index contributed by atoms with van der Waals surface area (Å²) >= 11 is 0. The van der Waals surface area contributed by atoms with E-state index in [0.29, 0.717) is 5.56 Å². The van der Waals surface area contributed by atoms with Crippen LogP contribution in [0.5, 0.6) is 0 Å². The third-order valence-corrected chi connectivity index (χ3v) is 2.55. The minimum absolute atomic E-state index is 0.173. The number of anilines is 1. The Bertz CT molecular complexity index is 601. The fourth-order valence-corrected chi connectivity index (χ4v) is 1.88. The van der Waals surface area contributed by atoms with Gasteiger partial charge >= 0.3 is 6.18 Å². The van der Waals surface area contributed by atoms with Gasteiger partial charge in [-0.3, -0.25) is 0 Å². The number of aryl methyl sites for hydroxylation is 2. The van der Waals surface area contributed by atoms with E-state index in [4.69, 9.17) is 5.73 Å². The summed E-state index contributed by atoms with van der Waals surface area (Å²) in [6.45, 7) is 3.73. The highest BCUT2D eigenvalue weighted by Gasteiger charge is 2.33. The Balaban J connectivity index is 2.59. The van der Waals surface area contributed by atoms with Crippen LogP contribution in [-0.2, 0) is 6.18 Å². The summed E-state index contributed by atoms with van der Waals surface area (Å²) in [5.41, 5.74) is 6.97. The molecule has 0 fully saturated rings. The summed E-state index contributed by atoms with van der Waals surface area (Å²) in [5.74, 6) is -0.385. The first-order chi connectivity index (χ1) is 8.75. The van der Waals surface area contributed by atoms with Gasteiger partial charge in [-0.25, -0.2) is 9.97 Å². The van der Waals surface area contributed by atoms with Crippen molar-refractivity contribution in [2.75, 3.05) is 5.73 Å². The van der Waals surface area contributed by atoms with Crippen molar-refractivity contribution in [3.8, 4) is 11.3 Å². The molecule has 0 saturated heterocycles. The van der Waals surface area contributed by atoms with Gasteiger partial charge in [0.2, 0.25) is 5.95 Å². The van der Waals surface area contributed by atoms with E-state index in [9.17, 15) is 13.2 Å². The molecular weight excluding hydrogens is 255 g/mol. The van der Waals surface area contributed by atoms with Gasteiger partial charge in [-0.2, -0.15) is 13.2 Å². The van der Waals surface area contributed by atoms with E-state index in [0.717, 1.165) is 17.2 Å². The first kappa shape index (κ1) is 13.3. The average molecular weight is 267 g/mol. The smallest absolute Gasteiger partial charge is 0.368 e. The molecule has 1 heterocycles. The van der Waals surface area contributed by atoms with E-state index >= 15 is 0 Å². The lowest BCUT2D eigenvalue weighted by Crippen LogP contribution is -2.11. The number of hydrogen-bond donors (Lipinski definition) is 1. The molecule has 0 amide bonds. The van der Waals surface area contributed by atoms with Gasteiger partial charge in [0.05, 0.1) is 5.69 Å². The zero-order valence-electron chi connectivity index (χ0n) is 10.4. The molecule has 6 heteroatoms. The highest BCUT2D eigenvalue weighted by molar-refractivity contribution is 5.62. The van der Waals surface area contributed by atoms with Crippen LogP contribution in [-0.4, -0.2) is 9.97 Å². The predicted molar refractivity (Wildman–Crippen MR) is 66.4 cm³/mol. The molecule has 2 aromatic rings. The number of nitrogens with zero attached hydrogens (tertiary/aromatic N) is 2. The molecule has 1 aromatic heterocycles. The van der Waals surface area contributed by atoms with E-state index in [1.165, 1.54) is 0 Å². The van der Waals surface area contributed by atoms with Crippen LogP contribution in [0.25, 0.3) is 11.3 Å². The quantitative estimate of drug-likeness (QED) is 0.861. The largest absolute Gasteiger partial charge is 0.433 e. The molecule has 0 radical (unpaired) electrons. The summed E-state index contributed by atoms with van der Waals surface area (Å²) in [6, 6.07) is 6.35. The highest BCUT2D eigenvalue weighted by atomic mass is 19.4. The summed E-state index contributed by atoms with van der Waals surface area (Å²) in [7, 11) is 0. The van der Waals surface area contributed by atoms with Crippen molar-refractivity contribution in [2.45, 2.75) is 20.0 Å². The fraction of sp³-hybridized carbons (Fsp3) is 0.231. The van der Waals surface area contributed by atoms with Crippen LogP contribution in [0.4, 0.5) is 19.1 Å². The summed E-state index contributed by atoms with van der Waals surface area (Å²) in [5, 5.41) is 0. The van der Waals surface area contributed by atoms with E-state index < -0.39 is 11.9 Å². The van der Waals surface area contributed by atoms with E-state index in [1.807, 2.05) is 19.9 Å². The van der Waals surface area contributed by atoms with Crippen LogP contribution in [0.2, 0.25) is 0 Å². The van der Waals surface area contributed by atoms with Crippen molar-refractivity contribution >= 4 is 5.95 Å². The van der Waals surface area contributed by atoms with Crippen molar-refractivity contribution in [3.05, 3.63) is 41.1 Å². The Morgan fingerprint density at radius 1 is 0.947 bits per heavy atom. The number of benzene rings is 1. The predicted octanol–water partition coefficient (Wildman–Crippen LogP) is 3.36. The number of aromatic nitrogens is 2. The molecule has 19 heavy (non-hydrogen) atoms. The normalized spacial score (nSPS) is 11.6. The molecule has 0 aliphatic rings. The van der Waals surface area contributed by atoms with Gasteiger partial charge in [0.15, 0.2) is 5.69 Å². The minimum atomic E-state index is -4.54. The van der Waals surface area contributed by atoms with Crippen LogP contribution in [0, 0.1) is 13.8 Å². The van der Waals surface area contributed by atoms with Crippen molar-refractivity contribution < 1.29 is 13.2 Å². The third kappa shape index (κ3) is 3.01. The van der Waals surface area contributed by atoms with E-state index in [2.05, 4.69) is 9.97 Å². The Morgan fingerprint density at radius 3 is 2.05 bits per heavy atom. The Hall–Kier alpha value is -2.11.